The summed E-state index contributed by atoms with van der Waals surface area (Å²) in [6, 6.07) is 0. The number of aliphatic hydroxyl groups is 1. The second kappa shape index (κ2) is 22.6. The van der Waals surface area contributed by atoms with E-state index in [0.29, 0.717) is 12.8 Å². The minimum Gasteiger partial charge on any atom is -0.391 e. The number of ether oxygens (including phenoxy) is 1. The quantitative estimate of drug-likeness (QED) is 0.0567. The predicted molar refractivity (Wildman–Crippen MR) is 160 cm³/mol. The van der Waals surface area contributed by atoms with Gasteiger partial charge in [0, 0.05) is 25.3 Å². The summed E-state index contributed by atoms with van der Waals surface area (Å²) in [6.45, 7) is 5.43. The van der Waals surface area contributed by atoms with Gasteiger partial charge in [0.15, 0.2) is 5.54 Å². The van der Waals surface area contributed by atoms with E-state index in [-0.39, 0.29) is 18.3 Å². The summed E-state index contributed by atoms with van der Waals surface area (Å²) >= 11 is 4.32. The summed E-state index contributed by atoms with van der Waals surface area (Å²) in [5.74, 6) is -0.916. The molecule has 0 aromatic heterocycles. The first-order valence-corrected chi connectivity index (χ1v) is 16.2. The van der Waals surface area contributed by atoms with Crippen LogP contribution in [0.1, 0.15) is 143 Å². The topological polar surface area (TPSA) is 85.3 Å². The molecule has 2 unspecified atom stereocenters. The number of rotatable bonds is 23. The molecule has 1 aliphatic rings. The molecule has 1 saturated heterocycles. The Bertz CT molecular complexity index is 667. The number of hydrogen-bond acceptors (Lipinski definition) is 7. The van der Waals surface area contributed by atoms with Crippen molar-refractivity contribution < 1.29 is 29.2 Å². The van der Waals surface area contributed by atoms with Crippen molar-refractivity contribution >= 4 is 24.5 Å². The Morgan fingerprint density at radius 2 is 1.44 bits per heavy atom. The van der Waals surface area contributed by atoms with Crippen molar-refractivity contribution in [3.8, 4) is 0 Å². The third-order valence-corrected chi connectivity index (χ3v) is 8.15. The highest BCUT2D eigenvalue weighted by atomic mass is 32.1. The summed E-state index contributed by atoms with van der Waals surface area (Å²) in [6.07, 6.45) is 25.5. The van der Waals surface area contributed by atoms with Gasteiger partial charge in [-0.2, -0.15) is 17.5 Å². The summed E-state index contributed by atoms with van der Waals surface area (Å²) in [4.78, 5) is 36.7. The van der Waals surface area contributed by atoms with Crippen molar-refractivity contribution in [2.75, 3.05) is 12.4 Å². The number of aliphatic hydroxyl groups excluding tert-OH is 1. The molecule has 8 heteroatoms. The van der Waals surface area contributed by atoms with Crippen LogP contribution in [0.5, 0.6) is 0 Å². The van der Waals surface area contributed by atoms with Crippen LogP contribution in [-0.2, 0) is 24.1 Å². The van der Waals surface area contributed by atoms with E-state index >= 15 is 0 Å². The van der Waals surface area contributed by atoms with Gasteiger partial charge in [-0.1, -0.05) is 109 Å². The van der Waals surface area contributed by atoms with Gasteiger partial charge in [0.25, 0.3) is 0 Å². The number of carbonyl (C=O) groups excluding carboxylic acids is 2. The molecule has 1 amide bonds. The first-order chi connectivity index (χ1) is 18.8. The largest absolute Gasteiger partial charge is 0.391 e. The van der Waals surface area contributed by atoms with Crippen LogP contribution in [0.3, 0.4) is 0 Å². The van der Waals surface area contributed by atoms with Crippen molar-refractivity contribution in [2.24, 2.45) is 0 Å². The van der Waals surface area contributed by atoms with Gasteiger partial charge in [-0.05, 0) is 26.2 Å². The maximum Gasteiger partial charge on any atom is 0.368 e. The molecule has 0 aromatic carbocycles. The second-order valence-corrected chi connectivity index (χ2v) is 11.6. The zero-order valence-corrected chi connectivity index (χ0v) is 25.9. The van der Waals surface area contributed by atoms with Crippen LogP contribution in [0.15, 0.2) is 12.3 Å². The Kier molecular flexibility index (Phi) is 20.8. The molecule has 7 nitrogen and oxygen atoms in total. The van der Waals surface area contributed by atoms with Crippen molar-refractivity contribution in [2.45, 2.75) is 161 Å². The average Bonchev–Trinajstić information content (AvgIpc) is 2.93. The molecule has 0 aliphatic carbocycles. The van der Waals surface area contributed by atoms with Crippen LogP contribution in [0.4, 0.5) is 0 Å². The third-order valence-electron chi connectivity index (χ3n) is 7.54. The summed E-state index contributed by atoms with van der Waals surface area (Å²) < 4.78 is 5.30. The number of unbranched alkanes of at least 4 members (excludes halogenated alkanes) is 16. The first-order valence-electron chi connectivity index (χ1n) is 15.6. The number of amides is 1. The highest BCUT2D eigenvalue weighted by Crippen LogP contribution is 2.23. The highest BCUT2D eigenvalue weighted by molar-refractivity contribution is 7.80. The fraction of sp³-hybridized carbons (Fsp3) is 0.871. The molecular weight excluding hydrogens is 514 g/mol. The number of allylic oxidation sites excluding steroid dienone is 1. The van der Waals surface area contributed by atoms with E-state index in [9.17, 15) is 14.7 Å². The van der Waals surface area contributed by atoms with E-state index in [1.54, 1.807) is 13.1 Å². The molecule has 1 rings (SSSR count). The second-order valence-electron chi connectivity index (χ2n) is 11.3. The summed E-state index contributed by atoms with van der Waals surface area (Å²) in [5, 5.41) is 9.50. The number of hydrogen-bond donors (Lipinski definition) is 2. The van der Waals surface area contributed by atoms with Crippen LogP contribution < -0.4 is 0 Å². The van der Waals surface area contributed by atoms with Crippen molar-refractivity contribution in [3.63, 3.8) is 0 Å². The number of nitrogens with zero attached hydrogens (tertiary/aromatic N) is 1. The zero-order valence-electron chi connectivity index (χ0n) is 25.0. The Morgan fingerprint density at radius 3 is 1.87 bits per heavy atom. The standard InChI is InChI=1S/C31H57NO6S/c1-4-5-6-7-8-9-10-11-12-13-14-15-16-17-18-19-20-21-24-32(27(2)33)31(3,26-39)30(35)38-37-29-23-22-28(34)25-36-29/h21,24,28-29,34,39H,4-20,22-23,25-26H2,1-3H3/t28?,29-,31?/m0/s1. The SMILES string of the molecule is CCCCCCCCCCCCCCCCCCC=CN(C(C)=O)C(C)(CS)C(=O)OO[C@H]1CCC(O)CO1. The lowest BCUT2D eigenvalue weighted by Gasteiger charge is -2.35. The summed E-state index contributed by atoms with van der Waals surface area (Å²) in [7, 11) is 0. The van der Waals surface area contributed by atoms with Gasteiger partial charge in [-0.3, -0.25) is 9.68 Å². The Labute approximate surface area is 243 Å². The lowest BCUT2D eigenvalue weighted by atomic mass is 10.0. The van der Waals surface area contributed by atoms with E-state index in [2.05, 4.69) is 19.6 Å². The van der Waals surface area contributed by atoms with E-state index < -0.39 is 23.9 Å². The van der Waals surface area contributed by atoms with E-state index in [0.717, 1.165) is 19.3 Å². The van der Waals surface area contributed by atoms with Gasteiger partial charge in [0.1, 0.15) is 0 Å². The van der Waals surface area contributed by atoms with Crippen LogP contribution >= 0.6 is 12.6 Å². The molecule has 1 heterocycles. The molecule has 39 heavy (non-hydrogen) atoms. The molecular formula is C31H57NO6S. The van der Waals surface area contributed by atoms with Crippen LogP contribution in [0, 0.1) is 0 Å². The van der Waals surface area contributed by atoms with Gasteiger partial charge >= 0.3 is 5.97 Å². The van der Waals surface area contributed by atoms with Crippen molar-refractivity contribution in [1.29, 1.82) is 0 Å². The molecule has 0 saturated carbocycles. The Morgan fingerprint density at radius 1 is 0.923 bits per heavy atom. The predicted octanol–water partition coefficient (Wildman–Crippen LogP) is 7.66. The van der Waals surface area contributed by atoms with Gasteiger partial charge in [0.2, 0.25) is 12.2 Å². The van der Waals surface area contributed by atoms with E-state index in [4.69, 9.17) is 14.5 Å². The molecule has 1 aliphatic heterocycles. The van der Waals surface area contributed by atoms with Crippen LogP contribution in [0.25, 0.3) is 0 Å². The third kappa shape index (κ3) is 16.1. The molecule has 0 bridgehead atoms. The van der Waals surface area contributed by atoms with Crippen molar-refractivity contribution in [1.82, 2.24) is 4.90 Å². The Balaban J connectivity index is 2.17. The Hall–Kier alpha value is -1.09. The van der Waals surface area contributed by atoms with E-state index in [1.165, 1.54) is 102 Å². The maximum absolute atomic E-state index is 12.8. The molecule has 0 radical (unpaired) electrons. The monoisotopic (exact) mass is 571 g/mol. The fourth-order valence-corrected chi connectivity index (χ4v) is 5.10. The molecule has 228 valence electrons. The van der Waals surface area contributed by atoms with Gasteiger partial charge < -0.3 is 14.7 Å². The average molecular weight is 572 g/mol. The van der Waals surface area contributed by atoms with Gasteiger partial charge in [-0.15, -0.1) is 0 Å². The first kappa shape index (κ1) is 35.9. The molecule has 1 fully saturated rings. The highest BCUT2D eigenvalue weighted by Gasteiger charge is 2.42. The van der Waals surface area contributed by atoms with Gasteiger partial charge in [0.05, 0.1) is 12.7 Å². The summed E-state index contributed by atoms with van der Waals surface area (Å²) in [5.41, 5.74) is -1.31. The molecule has 0 spiro atoms. The number of thiol groups is 1. The zero-order chi connectivity index (χ0) is 28.8. The lowest BCUT2D eigenvalue weighted by Crippen LogP contribution is -2.54. The molecule has 3 atom stereocenters. The smallest absolute Gasteiger partial charge is 0.368 e. The normalized spacial score (nSPS) is 19.2. The number of carbonyl (C=O) groups is 2. The minimum atomic E-state index is -1.31. The van der Waals surface area contributed by atoms with Crippen LogP contribution in [0.2, 0.25) is 0 Å². The van der Waals surface area contributed by atoms with E-state index in [1.807, 2.05) is 6.08 Å². The lowest BCUT2D eigenvalue weighted by molar-refractivity contribution is -0.365. The fourth-order valence-electron chi connectivity index (χ4n) is 4.82. The van der Waals surface area contributed by atoms with Crippen molar-refractivity contribution in [3.05, 3.63) is 12.3 Å². The van der Waals surface area contributed by atoms with Crippen LogP contribution in [-0.4, -0.2) is 52.2 Å². The minimum absolute atomic E-state index is 0.0718. The molecule has 0 aromatic rings. The van der Waals surface area contributed by atoms with Gasteiger partial charge in [-0.25, -0.2) is 4.79 Å². The maximum atomic E-state index is 12.8. The molecule has 1 N–H and O–H groups in total.